The Hall–Kier alpha value is -1.75. The molecule has 2 fully saturated rings. The molecule has 0 spiro atoms. The first-order valence-electron chi connectivity index (χ1n) is 7.82. The maximum atomic E-state index is 11.8. The number of ether oxygens (including phenoxy) is 3. The van der Waals surface area contributed by atoms with E-state index in [1.165, 1.54) is 0 Å². The summed E-state index contributed by atoms with van der Waals surface area (Å²) in [6.45, 7) is 1.36. The molecule has 5 nitrogen and oxygen atoms in total. The van der Waals surface area contributed by atoms with Crippen molar-refractivity contribution in [2.24, 2.45) is 0 Å². The first-order chi connectivity index (χ1) is 10.7. The highest BCUT2D eigenvalue weighted by atomic mass is 16.5. The van der Waals surface area contributed by atoms with E-state index < -0.39 is 11.4 Å². The number of hydrogen-bond donors (Lipinski definition) is 1. The van der Waals surface area contributed by atoms with Gasteiger partial charge in [-0.2, -0.15) is 0 Å². The third-order valence-corrected chi connectivity index (χ3v) is 4.78. The van der Waals surface area contributed by atoms with Crippen LogP contribution < -0.4 is 9.47 Å². The molecule has 1 N–H and O–H groups in total. The molecule has 0 radical (unpaired) electrons. The molecule has 0 atom stereocenters. The molecule has 0 unspecified atom stereocenters. The summed E-state index contributed by atoms with van der Waals surface area (Å²) < 4.78 is 17.0. The Morgan fingerprint density at radius 1 is 1.32 bits per heavy atom. The van der Waals surface area contributed by atoms with E-state index in [4.69, 9.17) is 14.2 Å². The number of hydrogen-bond acceptors (Lipinski definition) is 4. The minimum absolute atomic E-state index is 0.0507. The highest BCUT2D eigenvalue weighted by Gasteiger charge is 2.48. The van der Waals surface area contributed by atoms with E-state index in [-0.39, 0.29) is 6.10 Å². The van der Waals surface area contributed by atoms with Gasteiger partial charge in [0.2, 0.25) is 0 Å². The van der Waals surface area contributed by atoms with Crippen LogP contribution >= 0.6 is 0 Å². The van der Waals surface area contributed by atoms with Gasteiger partial charge in [-0.1, -0.05) is 18.6 Å². The van der Waals surface area contributed by atoms with E-state index in [0.29, 0.717) is 37.6 Å². The zero-order valence-electron chi connectivity index (χ0n) is 12.8. The van der Waals surface area contributed by atoms with Gasteiger partial charge in [0.1, 0.15) is 6.10 Å². The molecule has 1 aromatic rings. The summed E-state index contributed by atoms with van der Waals surface area (Å²) in [6, 6.07) is 5.53. The monoisotopic (exact) mass is 306 g/mol. The van der Waals surface area contributed by atoms with Gasteiger partial charge in [-0.05, 0) is 18.9 Å². The van der Waals surface area contributed by atoms with Crippen LogP contribution in [0.25, 0.3) is 0 Å². The van der Waals surface area contributed by atoms with E-state index in [0.717, 1.165) is 24.8 Å². The molecule has 3 rings (SSSR count). The molecule has 0 amide bonds. The van der Waals surface area contributed by atoms with Crippen LogP contribution in [0.2, 0.25) is 0 Å². The molecular weight excluding hydrogens is 284 g/mol. The van der Waals surface area contributed by atoms with Crippen molar-refractivity contribution in [2.75, 3.05) is 20.3 Å². The molecule has 120 valence electrons. The van der Waals surface area contributed by atoms with Gasteiger partial charge in [0, 0.05) is 18.4 Å². The lowest BCUT2D eigenvalue weighted by Crippen LogP contribution is -2.43. The molecule has 1 aliphatic carbocycles. The maximum absolute atomic E-state index is 11.8. The van der Waals surface area contributed by atoms with Gasteiger partial charge in [0.15, 0.2) is 11.5 Å². The lowest BCUT2D eigenvalue weighted by atomic mass is 9.64. The smallest absolute Gasteiger partial charge is 0.314 e. The molecule has 0 aromatic heterocycles. The Kier molecular flexibility index (Phi) is 4.25. The molecule has 2 aliphatic rings. The summed E-state index contributed by atoms with van der Waals surface area (Å²) in [5.41, 5.74) is -0.0771. The van der Waals surface area contributed by atoms with Crippen LogP contribution in [0, 0.1) is 0 Å². The number of carboxylic acid groups (broad SMARTS) is 1. The third kappa shape index (κ3) is 2.54. The molecule has 5 heteroatoms. The Bertz CT molecular complexity index is 544. The predicted molar refractivity (Wildman–Crippen MR) is 80.6 cm³/mol. The van der Waals surface area contributed by atoms with Crippen molar-refractivity contribution in [1.29, 1.82) is 0 Å². The fourth-order valence-corrected chi connectivity index (χ4v) is 3.26. The number of aliphatic carboxylic acids is 1. The number of methoxy groups -OCH3 is 1. The molecule has 22 heavy (non-hydrogen) atoms. The van der Waals surface area contributed by atoms with Crippen LogP contribution in [0.5, 0.6) is 11.5 Å². The summed E-state index contributed by atoms with van der Waals surface area (Å²) in [6.07, 6.45) is 3.92. The zero-order valence-corrected chi connectivity index (χ0v) is 12.8. The van der Waals surface area contributed by atoms with Crippen LogP contribution in [0.4, 0.5) is 0 Å². The summed E-state index contributed by atoms with van der Waals surface area (Å²) in [5.74, 6) is 0.430. The van der Waals surface area contributed by atoms with Gasteiger partial charge in [-0.25, -0.2) is 0 Å². The van der Waals surface area contributed by atoms with E-state index in [9.17, 15) is 9.90 Å². The van der Waals surface area contributed by atoms with Crippen molar-refractivity contribution in [1.82, 2.24) is 0 Å². The molecule has 0 bridgehead atoms. The summed E-state index contributed by atoms with van der Waals surface area (Å²) in [4.78, 5) is 11.8. The average molecular weight is 306 g/mol. The minimum atomic E-state index is -0.824. The first-order valence-corrected chi connectivity index (χ1v) is 7.82. The average Bonchev–Trinajstić information content (AvgIpc) is 2.48. The van der Waals surface area contributed by atoms with Crippen LogP contribution in [0.15, 0.2) is 18.2 Å². The normalized spacial score (nSPS) is 21.0. The van der Waals surface area contributed by atoms with Gasteiger partial charge in [0.05, 0.1) is 25.7 Å². The van der Waals surface area contributed by atoms with Gasteiger partial charge < -0.3 is 19.3 Å². The Morgan fingerprint density at radius 3 is 2.59 bits per heavy atom. The summed E-state index contributed by atoms with van der Waals surface area (Å²) in [5, 5.41) is 9.71. The number of benzene rings is 1. The fraction of sp³-hybridized carbons (Fsp3) is 0.588. The number of carbonyl (C=O) groups is 1. The number of rotatable bonds is 5. The standard InChI is InChI=1S/C17H22O5/c1-20-14-5-2-4-13(17(16(18)19)8-3-9-17)15(14)22-12-6-10-21-11-7-12/h2,4-5,12H,3,6-11H2,1H3,(H,18,19). The highest BCUT2D eigenvalue weighted by molar-refractivity contribution is 5.84. The van der Waals surface area contributed by atoms with Crippen molar-refractivity contribution in [3.8, 4) is 11.5 Å². The second-order valence-electron chi connectivity index (χ2n) is 6.01. The van der Waals surface area contributed by atoms with E-state index in [1.54, 1.807) is 7.11 Å². The second-order valence-corrected chi connectivity index (χ2v) is 6.01. The molecule has 1 heterocycles. The topological polar surface area (TPSA) is 65.0 Å². The molecule has 1 aromatic carbocycles. The quantitative estimate of drug-likeness (QED) is 0.906. The van der Waals surface area contributed by atoms with Crippen molar-refractivity contribution in [3.05, 3.63) is 23.8 Å². The first kappa shape index (κ1) is 15.2. The number of para-hydroxylation sites is 1. The highest BCUT2D eigenvalue weighted by Crippen LogP contribution is 2.50. The second kappa shape index (κ2) is 6.16. The van der Waals surface area contributed by atoms with E-state index in [1.807, 2.05) is 18.2 Å². The number of carboxylic acids is 1. The molecular formula is C17H22O5. The Balaban J connectivity index is 1.97. The Morgan fingerprint density at radius 2 is 2.05 bits per heavy atom. The van der Waals surface area contributed by atoms with Crippen molar-refractivity contribution >= 4 is 5.97 Å². The van der Waals surface area contributed by atoms with Gasteiger partial charge >= 0.3 is 5.97 Å². The minimum Gasteiger partial charge on any atom is -0.493 e. The predicted octanol–water partition coefficient (Wildman–Crippen LogP) is 2.76. The van der Waals surface area contributed by atoms with E-state index >= 15 is 0 Å². The van der Waals surface area contributed by atoms with Crippen LogP contribution in [-0.4, -0.2) is 37.5 Å². The lowest BCUT2D eigenvalue weighted by molar-refractivity contribution is -0.147. The van der Waals surface area contributed by atoms with Crippen LogP contribution in [0.1, 0.15) is 37.7 Å². The van der Waals surface area contributed by atoms with Gasteiger partial charge in [-0.3, -0.25) is 4.79 Å². The van der Waals surface area contributed by atoms with Crippen molar-refractivity contribution < 1.29 is 24.1 Å². The molecule has 1 aliphatic heterocycles. The largest absolute Gasteiger partial charge is 0.493 e. The van der Waals surface area contributed by atoms with Crippen LogP contribution in [-0.2, 0) is 14.9 Å². The summed E-state index contributed by atoms with van der Waals surface area (Å²) >= 11 is 0. The maximum Gasteiger partial charge on any atom is 0.314 e. The van der Waals surface area contributed by atoms with Gasteiger partial charge in [0.25, 0.3) is 0 Å². The fourth-order valence-electron chi connectivity index (χ4n) is 3.26. The third-order valence-electron chi connectivity index (χ3n) is 4.78. The Labute approximate surface area is 130 Å². The zero-order chi connectivity index (χ0) is 15.6. The van der Waals surface area contributed by atoms with Crippen molar-refractivity contribution in [3.63, 3.8) is 0 Å². The molecule has 1 saturated carbocycles. The molecule has 1 saturated heterocycles. The van der Waals surface area contributed by atoms with Crippen molar-refractivity contribution in [2.45, 2.75) is 43.6 Å². The van der Waals surface area contributed by atoms with Gasteiger partial charge in [-0.15, -0.1) is 0 Å². The van der Waals surface area contributed by atoms with E-state index in [2.05, 4.69) is 0 Å². The lowest BCUT2D eigenvalue weighted by Gasteiger charge is -2.39. The SMILES string of the molecule is COc1cccc(C2(C(=O)O)CCC2)c1OC1CCOCC1. The summed E-state index contributed by atoms with van der Waals surface area (Å²) in [7, 11) is 1.59. The van der Waals surface area contributed by atoms with Crippen LogP contribution in [0.3, 0.4) is 0 Å².